The molecule has 27 heavy (non-hydrogen) atoms. The molecule has 0 heterocycles. The minimum Gasteiger partial charge on any atom is -0.494 e. The molecule has 0 radical (unpaired) electrons. The number of rotatable bonds is 5. The van der Waals surface area contributed by atoms with Gasteiger partial charge in [-0.1, -0.05) is 18.2 Å². The lowest BCUT2D eigenvalue weighted by Gasteiger charge is -2.09. The van der Waals surface area contributed by atoms with Crippen LogP contribution in [0.5, 0.6) is 5.75 Å². The van der Waals surface area contributed by atoms with E-state index >= 15 is 0 Å². The Morgan fingerprint density at radius 3 is 2.56 bits per heavy atom. The molecule has 142 valence electrons. The van der Waals surface area contributed by atoms with Crippen LogP contribution in [-0.2, 0) is 15.8 Å². The summed E-state index contributed by atoms with van der Waals surface area (Å²) in [4.78, 5) is 23.5. The van der Waals surface area contributed by atoms with Crippen molar-refractivity contribution in [1.29, 1.82) is 0 Å². The summed E-state index contributed by atoms with van der Waals surface area (Å²) in [6.07, 6.45) is -3.25. The number of alkyl halides is 3. The second-order valence-electron chi connectivity index (χ2n) is 5.24. The molecule has 6 nitrogen and oxygen atoms in total. The molecule has 0 unspecified atom stereocenters. The Morgan fingerprint density at radius 2 is 1.85 bits per heavy atom. The van der Waals surface area contributed by atoms with Gasteiger partial charge in [0.15, 0.2) is 0 Å². The maximum atomic E-state index is 12.6. The van der Waals surface area contributed by atoms with E-state index < -0.39 is 23.6 Å². The fourth-order valence-corrected chi connectivity index (χ4v) is 2.03. The van der Waals surface area contributed by atoms with Crippen LogP contribution in [0.3, 0.4) is 0 Å². The quantitative estimate of drug-likeness (QED) is 0.476. The summed E-state index contributed by atoms with van der Waals surface area (Å²) < 4.78 is 43.3. The Hall–Kier alpha value is -3.36. The summed E-state index contributed by atoms with van der Waals surface area (Å²) >= 11 is 0. The Bertz CT molecular complexity index is 851. The second kappa shape index (κ2) is 8.84. The predicted octanol–water partition coefficient (Wildman–Crippen LogP) is 3.19. The van der Waals surface area contributed by atoms with Gasteiger partial charge in [-0.2, -0.15) is 18.3 Å². The zero-order chi connectivity index (χ0) is 19.9. The zero-order valence-corrected chi connectivity index (χ0v) is 14.2. The van der Waals surface area contributed by atoms with Crippen molar-refractivity contribution in [2.24, 2.45) is 5.10 Å². The maximum absolute atomic E-state index is 12.6. The topological polar surface area (TPSA) is 79.8 Å². The van der Waals surface area contributed by atoms with Gasteiger partial charge < -0.3 is 10.1 Å². The van der Waals surface area contributed by atoms with Gasteiger partial charge in [-0.3, -0.25) is 9.59 Å². The lowest BCUT2D eigenvalue weighted by Crippen LogP contribution is -2.32. The van der Waals surface area contributed by atoms with Crippen molar-refractivity contribution < 1.29 is 27.5 Å². The lowest BCUT2D eigenvalue weighted by atomic mass is 10.2. The molecular weight excluding hydrogens is 363 g/mol. The summed E-state index contributed by atoms with van der Waals surface area (Å²) in [6.45, 7) is 2.33. The van der Waals surface area contributed by atoms with Crippen molar-refractivity contribution >= 4 is 23.7 Å². The summed E-state index contributed by atoms with van der Waals surface area (Å²) in [6, 6.07) is 10.8. The highest BCUT2D eigenvalue weighted by Gasteiger charge is 2.30. The van der Waals surface area contributed by atoms with E-state index in [1.165, 1.54) is 12.3 Å². The number of benzene rings is 2. The van der Waals surface area contributed by atoms with Gasteiger partial charge in [0.05, 0.1) is 18.4 Å². The number of carbonyl (C=O) groups excluding carboxylic acids is 2. The molecule has 2 aromatic rings. The number of nitrogens with zero attached hydrogens (tertiary/aromatic N) is 1. The number of halogens is 3. The van der Waals surface area contributed by atoms with Gasteiger partial charge in [0.25, 0.3) is 0 Å². The maximum Gasteiger partial charge on any atom is 0.416 e. The van der Waals surface area contributed by atoms with E-state index in [-0.39, 0.29) is 5.69 Å². The first-order valence-corrected chi connectivity index (χ1v) is 7.84. The first-order chi connectivity index (χ1) is 12.8. The molecule has 0 aliphatic carbocycles. The Balaban J connectivity index is 1.94. The molecule has 0 aromatic heterocycles. The molecule has 0 spiro atoms. The Morgan fingerprint density at radius 1 is 1.11 bits per heavy atom. The van der Waals surface area contributed by atoms with Crippen LogP contribution in [0.25, 0.3) is 0 Å². The number of carbonyl (C=O) groups is 2. The normalized spacial score (nSPS) is 11.3. The molecule has 9 heteroatoms. The highest BCUT2D eigenvalue weighted by Crippen LogP contribution is 2.30. The molecular formula is C18H16F3N3O3. The van der Waals surface area contributed by atoms with Crippen LogP contribution in [0.2, 0.25) is 0 Å². The number of hydrogen-bond acceptors (Lipinski definition) is 4. The third-order valence-corrected chi connectivity index (χ3v) is 3.20. The van der Waals surface area contributed by atoms with E-state index in [2.05, 4.69) is 10.4 Å². The van der Waals surface area contributed by atoms with Gasteiger partial charge in [0.1, 0.15) is 5.75 Å². The summed E-state index contributed by atoms with van der Waals surface area (Å²) in [5.74, 6) is -1.64. The van der Waals surface area contributed by atoms with E-state index in [0.29, 0.717) is 17.9 Å². The predicted molar refractivity (Wildman–Crippen MR) is 93.4 cm³/mol. The SMILES string of the molecule is CCOc1cccc(/C=N\NC(=O)C(=O)Nc2cccc(C(F)(F)F)c2)c1. The number of ether oxygens (including phenoxy) is 1. The molecule has 0 bridgehead atoms. The van der Waals surface area contributed by atoms with E-state index in [0.717, 1.165) is 18.2 Å². The summed E-state index contributed by atoms with van der Waals surface area (Å²) in [5, 5.41) is 5.73. The minimum atomic E-state index is -4.55. The average Bonchev–Trinajstić information content (AvgIpc) is 2.62. The van der Waals surface area contributed by atoms with Gasteiger partial charge in [0, 0.05) is 5.69 Å². The second-order valence-corrected chi connectivity index (χ2v) is 5.24. The highest BCUT2D eigenvalue weighted by molar-refractivity contribution is 6.39. The minimum absolute atomic E-state index is 0.154. The van der Waals surface area contributed by atoms with Crippen LogP contribution in [-0.4, -0.2) is 24.6 Å². The zero-order valence-electron chi connectivity index (χ0n) is 14.2. The van der Waals surface area contributed by atoms with Crippen LogP contribution in [0.15, 0.2) is 53.6 Å². The van der Waals surface area contributed by atoms with Crippen molar-refractivity contribution in [3.05, 3.63) is 59.7 Å². The van der Waals surface area contributed by atoms with Crippen LogP contribution in [0, 0.1) is 0 Å². The lowest BCUT2D eigenvalue weighted by molar-refractivity contribution is -0.137. The van der Waals surface area contributed by atoms with E-state index in [4.69, 9.17) is 4.74 Å². The summed E-state index contributed by atoms with van der Waals surface area (Å²) in [5.41, 5.74) is 1.54. The molecule has 2 amide bonds. The van der Waals surface area contributed by atoms with Gasteiger partial charge in [0.2, 0.25) is 0 Å². The van der Waals surface area contributed by atoms with Crippen LogP contribution in [0.4, 0.5) is 18.9 Å². The number of hydrogen-bond donors (Lipinski definition) is 2. The van der Waals surface area contributed by atoms with Gasteiger partial charge in [-0.05, 0) is 42.8 Å². The highest BCUT2D eigenvalue weighted by atomic mass is 19.4. The molecule has 0 aliphatic heterocycles. The molecule has 0 atom stereocenters. The fraction of sp³-hybridized carbons (Fsp3) is 0.167. The van der Waals surface area contributed by atoms with E-state index in [1.54, 1.807) is 24.3 Å². The monoisotopic (exact) mass is 379 g/mol. The van der Waals surface area contributed by atoms with Gasteiger partial charge in [-0.15, -0.1) is 0 Å². The number of nitrogens with one attached hydrogen (secondary N) is 2. The number of hydrazone groups is 1. The van der Waals surface area contributed by atoms with Crippen molar-refractivity contribution in [3.8, 4) is 5.75 Å². The van der Waals surface area contributed by atoms with Crippen LogP contribution in [0.1, 0.15) is 18.1 Å². The standard InChI is InChI=1S/C18H16F3N3O3/c1-2-27-15-8-3-5-12(9-15)11-22-24-17(26)16(25)23-14-7-4-6-13(10-14)18(19,20)21/h3-11H,2H2,1H3,(H,23,25)(H,24,26)/b22-11-. The Kier molecular flexibility index (Phi) is 6.53. The average molecular weight is 379 g/mol. The summed E-state index contributed by atoms with van der Waals surface area (Å²) in [7, 11) is 0. The van der Waals surface area contributed by atoms with Crippen LogP contribution < -0.4 is 15.5 Å². The van der Waals surface area contributed by atoms with E-state index in [9.17, 15) is 22.8 Å². The van der Waals surface area contributed by atoms with Crippen LogP contribution >= 0.6 is 0 Å². The molecule has 2 rings (SSSR count). The molecule has 2 aromatic carbocycles. The fourth-order valence-electron chi connectivity index (χ4n) is 2.03. The Labute approximate surface area is 153 Å². The number of amides is 2. The molecule has 0 aliphatic rings. The smallest absolute Gasteiger partial charge is 0.416 e. The van der Waals surface area contributed by atoms with Gasteiger partial charge in [-0.25, -0.2) is 5.43 Å². The largest absolute Gasteiger partial charge is 0.494 e. The first kappa shape index (κ1) is 20.0. The third kappa shape index (κ3) is 6.14. The van der Waals surface area contributed by atoms with Crippen molar-refractivity contribution in [3.63, 3.8) is 0 Å². The molecule has 0 saturated carbocycles. The van der Waals surface area contributed by atoms with E-state index in [1.807, 2.05) is 12.3 Å². The first-order valence-electron chi connectivity index (χ1n) is 7.84. The molecule has 0 fully saturated rings. The molecule has 2 N–H and O–H groups in total. The van der Waals surface area contributed by atoms with Crippen molar-refractivity contribution in [2.45, 2.75) is 13.1 Å². The third-order valence-electron chi connectivity index (χ3n) is 3.20. The van der Waals surface area contributed by atoms with Crippen molar-refractivity contribution in [2.75, 3.05) is 11.9 Å². The van der Waals surface area contributed by atoms with Crippen molar-refractivity contribution in [1.82, 2.24) is 5.43 Å². The molecule has 0 saturated heterocycles. The number of anilines is 1. The van der Waals surface area contributed by atoms with Gasteiger partial charge >= 0.3 is 18.0 Å².